The highest BCUT2D eigenvalue weighted by molar-refractivity contribution is 7.00. The van der Waals surface area contributed by atoms with E-state index in [9.17, 15) is 4.79 Å². The van der Waals surface area contributed by atoms with Crippen molar-refractivity contribution in [1.29, 1.82) is 0 Å². The third kappa shape index (κ3) is 2.91. The predicted octanol–water partition coefficient (Wildman–Crippen LogP) is 2.75. The van der Waals surface area contributed by atoms with Crippen molar-refractivity contribution in [1.82, 2.24) is 23.2 Å². The lowest BCUT2D eigenvalue weighted by Crippen LogP contribution is -2.39. The molecule has 2 aromatic heterocycles. The van der Waals surface area contributed by atoms with Crippen LogP contribution in [0, 0.1) is 12.8 Å². The van der Waals surface area contributed by atoms with E-state index < -0.39 is 0 Å². The van der Waals surface area contributed by atoms with Crippen LogP contribution in [0.15, 0.2) is 30.6 Å². The SMILES string of the molecule is Cc1nccn1CC1CCN(C(=O)c2ccc3nsnc3c2)CC1. The summed E-state index contributed by atoms with van der Waals surface area (Å²) < 4.78 is 10.6. The molecule has 0 atom stereocenters. The molecule has 6 nitrogen and oxygen atoms in total. The fourth-order valence-electron chi connectivity index (χ4n) is 3.29. The first-order chi connectivity index (χ1) is 11.7. The molecule has 0 spiro atoms. The number of nitrogens with zero attached hydrogens (tertiary/aromatic N) is 5. The van der Waals surface area contributed by atoms with Crippen LogP contribution in [0.25, 0.3) is 11.0 Å². The number of amides is 1. The van der Waals surface area contributed by atoms with Gasteiger partial charge in [0.15, 0.2) is 0 Å². The molecule has 7 heteroatoms. The maximum atomic E-state index is 12.7. The van der Waals surface area contributed by atoms with Gasteiger partial charge in [-0.05, 0) is 43.9 Å². The number of aromatic nitrogens is 4. The van der Waals surface area contributed by atoms with Crippen molar-refractivity contribution in [2.75, 3.05) is 13.1 Å². The van der Waals surface area contributed by atoms with Crippen molar-refractivity contribution in [3.8, 4) is 0 Å². The van der Waals surface area contributed by atoms with Gasteiger partial charge in [-0.2, -0.15) is 8.75 Å². The van der Waals surface area contributed by atoms with Gasteiger partial charge in [-0.3, -0.25) is 4.79 Å². The van der Waals surface area contributed by atoms with Gasteiger partial charge in [0.1, 0.15) is 16.9 Å². The Hall–Kier alpha value is -2.28. The number of benzene rings is 1. The van der Waals surface area contributed by atoms with Gasteiger partial charge >= 0.3 is 0 Å². The van der Waals surface area contributed by atoms with Gasteiger partial charge in [0.25, 0.3) is 5.91 Å². The summed E-state index contributed by atoms with van der Waals surface area (Å²) in [4.78, 5) is 18.9. The third-order valence-electron chi connectivity index (χ3n) is 4.78. The zero-order chi connectivity index (χ0) is 16.5. The van der Waals surface area contributed by atoms with Gasteiger partial charge in [-0.1, -0.05) is 0 Å². The van der Waals surface area contributed by atoms with Crippen molar-refractivity contribution in [3.63, 3.8) is 0 Å². The van der Waals surface area contributed by atoms with E-state index in [2.05, 4.69) is 18.3 Å². The van der Waals surface area contributed by atoms with Crippen LogP contribution in [0.1, 0.15) is 29.0 Å². The Labute approximate surface area is 144 Å². The second kappa shape index (κ2) is 6.32. The lowest BCUT2D eigenvalue weighted by atomic mass is 9.96. The minimum atomic E-state index is 0.0992. The molecule has 0 radical (unpaired) electrons. The predicted molar refractivity (Wildman–Crippen MR) is 93.0 cm³/mol. The highest BCUT2D eigenvalue weighted by Crippen LogP contribution is 2.22. The summed E-state index contributed by atoms with van der Waals surface area (Å²) in [6.07, 6.45) is 5.94. The molecule has 0 aliphatic carbocycles. The highest BCUT2D eigenvalue weighted by Gasteiger charge is 2.24. The smallest absolute Gasteiger partial charge is 0.253 e. The molecule has 4 rings (SSSR count). The molecule has 1 amide bonds. The molecule has 3 heterocycles. The minimum Gasteiger partial charge on any atom is -0.339 e. The minimum absolute atomic E-state index is 0.0992. The van der Waals surface area contributed by atoms with E-state index in [1.165, 1.54) is 11.7 Å². The largest absolute Gasteiger partial charge is 0.339 e. The van der Waals surface area contributed by atoms with E-state index in [4.69, 9.17) is 0 Å². The molecule has 3 aromatic rings. The zero-order valence-corrected chi connectivity index (χ0v) is 14.4. The van der Waals surface area contributed by atoms with Crippen LogP contribution in [-0.4, -0.2) is 42.2 Å². The fourth-order valence-corrected chi connectivity index (χ4v) is 3.81. The molecule has 24 heavy (non-hydrogen) atoms. The number of rotatable bonds is 3. The number of likely N-dealkylation sites (tertiary alicyclic amines) is 1. The summed E-state index contributed by atoms with van der Waals surface area (Å²) in [5.74, 6) is 1.76. The maximum Gasteiger partial charge on any atom is 0.253 e. The fraction of sp³-hybridized carbons (Fsp3) is 0.412. The second-order valence-electron chi connectivity index (χ2n) is 6.33. The van der Waals surface area contributed by atoms with Crippen LogP contribution >= 0.6 is 11.7 Å². The van der Waals surface area contributed by atoms with Crippen molar-refractivity contribution in [2.45, 2.75) is 26.3 Å². The Morgan fingerprint density at radius 2 is 2.04 bits per heavy atom. The van der Waals surface area contributed by atoms with Crippen molar-refractivity contribution < 1.29 is 4.79 Å². The summed E-state index contributed by atoms with van der Waals surface area (Å²) >= 11 is 1.18. The quantitative estimate of drug-likeness (QED) is 0.735. The number of aryl methyl sites for hydroxylation is 1. The number of hydrogen-bond donors (Lipinski definition) is 0. The van der Waals surface area contributed by atoms with Crippen LogP contribution in [0.4, 0.5) is 0 Å². The summed E-state index contributed by atoms with van der Waals surface area (Å²) in [6, 6.07) is 5.58. The molecule has 0 N–H and O–H groups in total. The number of hydrogen-bond acceptors (Lipinski definition) is 5. The van der Waals surface area contributed by atoms with Crippen LogP contribution < -0.4 is 0 Å². The second-order valence-corrected chi connectivity index (χ2v) is 6.86. The van der Waals surface area contributed by atoms with Crippen LogP contribution in [0.2, 0.25) is 0 Å². The summed E-state index contributed by atoms with van der Waals surface area (Å²) in [5, 5.41) is 0. The van der Waals surface area contributed by atoms with Crippen LogP contribution in [-0.2, 0) is 6.54 Å². The molecule has 1 aliphatic heterocycles. The summed E-state index contributed by atoms with van der Waals surface area (Å²) in [6.45, 7) is 4.64. The Kier molecular flexibility index (Phi) is 4.02. The Balaban J connectivity index is 1.39. The van der Waals surface area contributed by atoms with Gasteiger partial charge in [0.05, 0.1) is 11.7 Å². The van der Waals surface area contributed by atoms with E-state index in [-0.39, 0.29) is 5.91 Å². The third-order valence-corrected chi connectivity index (χ3v) is 5.34. The molecule has 1 fully saturated rings. The molecule has 0 unspecified atom stereocenters. The molecular weight excluding hydrogens is 322 g/mol. The first kappa shape index (κ1) is 15.3. The van der Waals surface area contributed by atoms with Gasteiger partial charge < -0.3 is 9.47 Å². The maximum absolute atomic E-state index is 12.7. The summed E-state index contributed by atoms with van der Waals surface area (Å²) in [5.41, 5.74) is 2.36. The van der Waals surface area contributed by atoms with E-state index in [1.807, 2.05) is 42.4 Å². The molecule has 124 valence electrons. The lowest BCUT2D eigenvalue weighted by molar-refractivity contribution is 0.0682. The van der Waals surface area contributed by atoms with Crippen molar-refractivity contribution >= 4 is 28.7 Å². The van der Waals surface area contributed by atoms with Gasteiger partial charge in [-0.15, -0.1) is 0 Å². The highest BCUT2D eigenvalue weighted by atomic mass is 32.1. The molecule has 1 aliphatic rings. The van der Waals surface area contributed by atoms with Crippen LogP contribution in [0.5, 0.6) is 0 Å². The average molecular weight is 341 g/mol. The number of carbonyl (C=O) groups excluding carboxylic acids is 1. The monoisotopic (exact) mass is 341 g/mol. The Morgan fingerprint density at radius 1 is 1.25 bits per heavy atom. The van der Waals surface area contributed by atoms with Gasteiger partial charge in [0.2, 0.25) is 0 Å². The topological polar surface area (TPSA) is 63.9 Å². The lowest BCUT2D eigenvalue weighted by Gasteiger charge is -2.32. The first-order valence-electron chi connectivity index (χ1n) is 8.20. The number of carbonyl (C=O) groups is 1. The molecular formula is C17H19N5OS. The van der Waals surface area contributed by atoms with Gasteiger partial charge in [-0.25, -0.2) is 4.98 Å². The first-order valence-corrected chi connectivity index (χ1v) is 8.93. The van der Waals surface area contributed by atoms with Crippen molar-refractivity contribution in [2.24, 2.45) is 5.92 Å². The normalized spacial score (nSPS) is 16.0. The standard InChI is InChI=1S/C17H19N5OS/c1-12-18-6-9-22(12)11-13-4-7-21(8-5-13)17(23)14-2-3-15-16(10-14)20-24-19-15/h2-3,6,9-10,13H,4-5,7-8,11H2,1H3. The van der Waals surface area contributed by atoms with E-state index in [0.29, 0.717) is 11.5 Å². The molecule has 0 bridgehead atoms. The molecule has 1 saturated heterocycles. The Morgan fingerprint density at radius 3 is 2.79 bits per heavy atom. The van der Waals surface area contributed by atoms with Crippen LogP contribution in [0.3, 0.4) is 0 Å². The molecule has 1 aromatic carbocycles. The van der Waals surface area contributed by atoms with Crippen molar-refractivity contribution in [3.05, 3.63) is 42.0 Å². The average Bonchev–Trinajstić information content (AvgIpc) is 3.23. The zero-order valence-electron chi connectivity index (χ0n) is 13.6. The van der Waals surface area contributed by atoms with E-state index in [0.717, 1.165) is 49.3 Å². The summed E-state index contributed by atoms with van der Waals surface area (Å²) in [7, 11) is 0. The van der Waals surface area contributed by atoms with Gasteiger partial charge in [0, 0.05) is 37.6 Å². The molecule has 0 saturated carbocycles. The number of imidazole rings is 1. The number of fused-ring (bicyclic) bond motifs is 1. The van der Waals surface area contributed by atoms with E-state index >= 15 is 0 Å². The Bertz CT molecular complexity index is 863. The van der Waals surface area contributed by atoms with E-state index in [1.54, 1.807) is 0 Å². The number of piperidine rings is 1.